The normalized spacial score (nSPS) is 18.1. The van der Waals surface area contributed by atoms with Crippen molar-refractivity contribution in [2.75, 3.05) is 18.6 Å². The molecular formula is C22H21F5N2O4. The van der Waals surface area contributed by atoms with Crippen molar-refractivity contribution < 1.29 is 41.4 Å². The monoisotopic (exact) mass is 472 g/mol. The van der Waals surface area contributed by atoms with Gasteiger partial charge in [-0.25, -0.2) is 13.8 Å². The fourth-order valence-corrected chi connectivity index (χ4v) is 3.44. The Labute approximate surface area is 186 Å². The molecule has 11 heteroatoms. The quantitative estimate of drug-likeness (QED) is 0.429. The zero-order chi connectivity index (χ0) is 24.7. The van der Waals surface area contributed by atoms with Crippen LogP contribution in [0.4, 0.5) is 33.3 Å². The molecule has 1 fully saturated rings. The molecule has 3 rings (SSSR count). The number of aromatic nitrogens is 1. The summed E-state index contributed by atoms with van der Waals surface area (Å²) in [4.78, 5) is 28.7. The number of carbonyl (C=O) groups excluding carboxylic acids is 1. The lowest BCUT2D eigenvalue weighted by molar-refractivity contribution is -0.139. The van der Waals surface area contributed by atoms with Crippen LogP contribution in [0.5, 0.6) is 5.75 Å². The van der Waals surface area contributed by atoms with Gasteiger partial charge in [0.25, 0.3) is 0 Å². The summed E-state index contributed by atoms with van der Waals surface area (Å²) in [5.41, 5.74) is -3.80. The summed E-state index contributed by atoms with van der Waals surface area (Å²) in [6.07, 6.45) is -3.52. The van der Waals surface area contributed by atoms with Gasteiger partial charge in [0.05, 0.1) is 42.7 Å². The molecule has 0 unspecified atom stereocenters. The van der Waals surface area contributed by atoms with Crippen LogP contribution < -0.4 is 9.64 Å². The second kappa shape index (κ2) is 8.60. The van der Waals surface area contributed by atoms with E-state index in [0.717, 1.165) is 11.1 Å². The maximum Gasteiger partial charge on any atom is 0.416 e. The van der Waals surface area contributed by atoms with Gasteiger partial charge in [0.1, 0.15) is 22.9 Å². The Morgan fingerprint density at radius 3 is 2.36 bits per heavy atom. The lowest BCUT2D eigenvalue weighted by atomic mass is 10.1. The average Bonchev–Trinajstić information content (AvgIpc) is 3.51. The first kappa shape index (κ1) is 24.4. The minimum atomic E-state index is -4.75. The van der Waals surface area contributed by atoms with E-state index in [1.807, 2.05) is 0 Å². The highest BCUT2D eigenvalue weighted by Gasteiger charge is 2.49. The van der Waals surface area contributed by atoms with Crippen LogP contribution in [0.25, 0.3) is 0 Å². The highest BCUT2D eigenvalue weighted by Crippen LogP contribution is 2.43. The number of rotatable bonds is 8. The van der Waals surface area contributed by atoms with E-state index in [1.165, 1.54) is 27.0 Å². The summed E-state index contributed by atoms with van der Waals surface area (Å²) in [6, 6.07) is 3.00. The van der Waals surface area contributed by atoms with Gasteiger partial charge in [-0.2, -0.15) is 13.2 Å². The maximum atomic E-state index is 14.6. The maximum absolute atomic E-state index is 14.6. The van der Waals surface area contributed by atoms with Crippen LogP contribution in [0.2, 0.25) is 0 Å². The predicted octanol–water partition coefficient (Wildman–Crippen LogP) is 5.04. The second-order valence-corrected chi connectivity index (χ2v) is 8.36. The van der Waals surface area contributed by atoms with Gasteiger partial charge in [0.2, 0.25) is 0 Å². The third kappa shape index (κ3) is 5.40. The van der Waals surface area contributed by atoms with Crippen molar-refractivity contribution in [3.8, 4) is 5.75 Å². The van der Waals surface area contributed by atoms with Crippen LogP contribution in [0.3, 0.4) is 0 Å². The van der Waals surface area contributed by atoms with Gasteiger partial charge in [-0.15, -0.1) is 0 Å². The number of carbonyl (C=O) groups is 2. The molecule has 1 aromatic heterocycles. The van der Waals surface area contributed by atoms with Crippen molar-refractivity contribution >= 4 is 23.1 Å². The topological polar surface area (TPSA) is 79.7 Å². The first-order chi connectivity index (χ1) is 15.2. The van der Waals surface area contributed by atoms with E-state index in [-0.39, 0.29) is 23.6 Å². The molecular weight excluding hydrogens is 451 g/mol. The summed E-state index contributed by atoms with van der Waals surface area (Å²) >= 11 is 0. The van der Waals surface area contributed by atoms with Crippen LogP contribution in [0, 0.1) is 17.7 Å². The van der Waals surface area contributed by atoms with Crippen molar-refractivity contribution in [3.63, 3.8) is 0 Å². The van der Waals surface area contributed by atoms with Gasteiger partial charge in [0.15, 0.2) is 5.78 Å². The number of aliphatic carboxylic acids is 1. The van der Waals surface area contributed by atoms with E-state index in [9.17, 15) is 31.5 Å². The first-order valence-corrected chi connectivity index (χ1v) is 9.87. The van der Waals surface area contributed by atoms with Gasteiger partial charge in [0, 0.05) is 12.0 Å². The highest BCUT2D eigenvalue weighted by atomic mass is 19.4. The van der Waals surface area contributed by atoms with Crippen LogP contribution in [-0.2, 0) is 11.0 Å². The summed E-state index contributed by atoms with van der Waals surface area (Å²) < 4.78 is 74.0. The molecule has 1 aliphatic rings. The zero-order valence-corrected chi connectivity index (χ0v) is 17.9. The number of alkyl halides is 4. The Morgan fingerprint density at radius 2 is 1.85 bits per heavy atom. The van der Waals surface area contributed by atoms with Crippen LogP contribution >= 0.6 is 0 Å². The van der Waals surface area contributed by atoms with Gasteiger partial charge < -0.3 is 14.7 Å². The van der Waals surface area contributed by atoms with E-state index in [1.54, 1.807) is 0 Å². The highest BCUT2D eigenvalue weighted by molar-refractivity contribution is 6.03. The molecule has 0 spiro atoms. The Morgan fingerprint density at radius 1 is 1.18 bits per heavy atom. The number of ketones is 1. The molecule has 0 saturated heterocycles. The number of Topliss-reactive ketones (excluding diaryl/α,β-unsaturated/α-hetero) is 1. The Kier molecular flexibility index (Phi) is 6.36. The lowest BCUT2D eigenvalue weighted by Crippen LogP contribution is -2.33. The van der Waals surface area contributed by atoms with Gasteiger partial charge in [-0.3, -0.25) is 9.59 Å². The molecule has 0 radical (unpaired) electrons. The van der Waals surface area contributed by atoms with E-state index >= 15 is 0 Å². The summed E-state index contributed by atoms with van der Waals surface area (Å²) in [5, 5.41) is 9.04. The number of anilines is 2. The largest absolute Gasteiger partial charge is 0.494 e. The standard InChI is InChI=1S/C22H21F5N2O4/c1-21(2,24)10-29(16-6-11(22(25,26)27)4-5-15(16)23)12-7-17(33-3)18(28-9-12)19(30)13-8-14(13)20(31)32/h4-7,9,13-14H,8,10H2,1-3H3,(H,31,32)/t13-,14-/m0/s1. The number of halogens is 5. The number of hydrogen-bond donors (Lipinski definition) is 1. The molecule has 1 aliphatic carbocycles. The molecule has 178 valence electrons. The second-order valence-electron chi connectivity index (χ2n) is 8.36. The smallest absolute Gasteiger partial charge is 0.416 e. The van der Waals surface area contributed by atoms with Crippen LogP contribution in [-0.4, -0.2) is 41.2 Å². The van der Waals surface area contributed by atoms with E-state index < -0.39 is 59.0 Å². The Hall–Kier alpha value is -3.24. The number of methoxy groups -OCH3 is 1. The third-order valence-electron chi connectivity index (χ3n) is 5.15. The van der Waals surface area contributed by atoms with Crippen molar-refractivity contribution in [1.82, 2.24) is 4.98 Å². The number of ether oxygens (including phenoxy) is 1. The Bertz CT molecular complexity index is 1080. The molecule has 1 saturated carbocycles. The molecule has 0 bridgehead atoms. The number of benzene rings is 1. The van der Waals surface area contributed by atoms with Crippen LogP contribution in [0.15, 0.2) is 30.5 Å². The predicted molar refractivity (Wildman–Crippen MR) is 108 cm³/mol. The minimum Gasteiger partial charge on any atom is -0.494 e. The van der Waals surface area contributed by atoms with Crippen LogP contribution in [0.1, 0.15) is 36.3 Å². The van der Waals surface area contributed by atoms with Crippen molar-refractivity contribution in [2.24, 2.45) is 11.8 Å². The number of carboxylic acid groups (broad SMARTS) is 1. The third-order valence-corrected chi connectivity index (χ3v) is 5.15. The fourth-order valence-electron chi connectivity index (χ4n) is 3.44. The minimum absolute atomic E-state index is 0.0158. The SMILES string of the molecule is COc1cc(N(CC(C)(C)F)c2cc(C(F)(F)F)ccc2F)cnc1C(=O)[C@H]1C[C@@H]1C(=O)O. The summed E-state index contributed by atoms with van der Waals surface area (Å²) in [5.74, 6) is -4.38. The van der Waals surface area contributed by atoms with Crippen molar-refractivity contribution in [1.29, 1.82) is 0 Å². The molecule has 6 nitrogen and oxygen atoms in total. The van der Waals surface area contributed by atoms with Gasteiger partial charge in [-0.05, 0) is 38.5 Å². The number of carboxylic acids is 1. The van der Waals surface area contributed by atoms with Crippen molar-refractivity contribution in [2.45, 2.75) is 32.1 Å². The molecule has 1 aromatic carbocycles. The van der Waals surface area contributed by atoms with Gasteiger partial charge >= 0.3 is 12.1 Å². The Balaban J connectivity index is 2.06. The molecule has 1 heterocycles. The molecule has 2 atom stereocenters. The summed E-state index contributed by atoms with van der Waals surface area (Å²) in [7, 11) is 1.22. The molecule has 33 heavy (non-hydrogen) atoms. The number of hydrogen-bond acceptors (Lipinski definition) is 5. The van der Waals surface area contributed by atoms with E-state index in [2.05, 4.69) is 4.98 Å². The van der Waals surface area contributed by atoms with Crippen molar-refractivity contribution in [3.05, 3.63) is 47.5 Å². The fraction of sp³-hybridized carbons (Fsp3) is 0.409. The van der Waals surface area contributed by atoms with E-state index in [4.69, 9.17) is 9.84 Å². The number of nitrogens with zero attached hydrogens (tertiary/aromatic N) is 2. The van der Waals surface area contributed by atoms with Gasteiger partial charge in [-0.1, -0.05) is 0 Å². The first-order valence-electron chi connectivity index (χ1n) is 9.87. The lowest BCUT2D eigenvalue weighted by Gasteiger charge is -2.30. The number of pyridine rings is 1. The van der Waals surface area contributed by atoms with E-state index in [0.29, 0.717) is 18.2 Å². The summed E-state index contributed by atoms with van der Waals surface area (Å²) in [6.45, 7) is 1.81. The zero-order valence-electron chi connectivity index (χ0n) is 17.9. The average molecular weight is 472 g/mol. The molecule has 0 aliphatic heterocycles. The molecule has 1 N–H and O–H groups in total. The molecule has 2 aromatic rings. The molecule has 0 amide bonds.